The molecule has 0 N–H and O–H groups in total. The summed E-state index contributed by atoms with van der Waals surface area (Å²) < 4.78 is 594. The van der Waals surface area contributed by atoms with Crippen LogP contribution >= 0.6 is 90.4 Å². The van der Waals surface area contributed by atoms with E-state index in [9.17, 15) is 192 Å². The largest absolute Gasteiger partial charge is 0.743 e. The molecular formula is C33H28F32I4O20S4-4. The van der Waals surface area contributed by atoms with Crippen molar-refractivity contribution < 1.29 is 230 Å². The van der Waals surface area contributed by atoms with Crippen LogP contribution in [0, 0.1) is 5.41 Å². The van der Waals surface area contributed by atoms with Crippen molar-refractivity contribution in [2.45, 2.75) is 135 Å². The molecule has 0 aliphatic heterocycles. The van der Waals surface area contributed by atoms with Gasteiger partial charge in [-0.2, -0.15) is 140 Å². The summed E-state index contributed by atoms with van der Waals surface area (Å²) >= 11 is 2.16. The van der Waals surface area contributed by atoms with E-state index in [-0.39, 0.29) is 0 Å². The van der Waals surface area contributed by atoms with E-state index in [4.69, 9.17) is 18.9 Å². The molecular weight excluding hydrogens is 1960 g/mol. The van der Waals surface area contributed by atoms with E-state index in [1.54, 1.807) is 0 Å². The number of ether oxygens (including phenoxy) is 8. The second-order valence-corrected chi connectivity index (χ2v) is 30.7. The first-order chi connectivity index (χ1) is 40.2. The number of hydrogen-bond acceptors (Lipinski definition) is 20. The highest BCUT2D eigenvalue weighted by Gasteiger charge is 2.76. The molecule has 0 heterocycles. The predicted octanol–water partition coefficient (Wildman–Crippen LogP) is 10.7. The molecule has 0 aromatic rings. The Morgan fingerprint density at radius 1 is 0.258 bits per heavy atom. The van der Waals surface area contributed by atoms with Crippen molar-refractivity contribution in [1.29, 1.82) is 0 Å². The van der Waals surface area contributed by atoms with Crippen molar-refractivity contribution in [2.75, 3.05) is 52.9 Å². The van der Waals surface area contributed by atoms with Gasteiger partial charge in [0.15, 0.2) is 40.5 Å². The van der Waals surface area contributed by atoms with Crippen LogP contribution in [0.15, 0.2) is 0 Å². The lowest BCUT2D eigenvalue weighted by Gasteiger charge is -2.36. The fourth-order valence-electron chi connectivity index (χ4n) is 5.45. The monoisotopic (exact) mass is 1990 g/mol. The van der Waals surface area contributed by atoms with Gasteiger partial charge in [0.05, 0.1) is 58.3 Å². The molecule has 0 fully saturated rings. The minimum absolute atomic E-state index is 0.540. The Labute approximate surface area is 550 Å². The van der Waals surface area contributed by atoms with Crippen molar-refractivity contribution in [3.8, 4) is 0 Å². The van der Waals surface area contributed by atoms with Crippen LogP contribution in [0.4, 0.5) is 140 Å². The lowest BCUT2D eigenvalue weighted by molar-refractivity contribution is -0.456. The maximum Gasteiger partial charge on any atom is 0.438 e. The molecule has 0 aliphatic carbocycles. The molecule has 93 heavy (non-hydrogen) atoms. The SMILES string of the molecule is O=S(=O)([O-])C(F)(F)C(F)(F)OC(F)(F)C(F)(F)CC(I)COCC(COCC(I)CC(F)(F)C(F)(F)OC(F)(F)C(F)(F)S(=O)(=O)[O-])(COCC(I)CC(F)(F)C(F)(F)OC(F)(F)C(F)(F)S(=O)(=O)[O-])COCC(I)CC(F)(F)C(F)(F)OC(F)(F)C(F)(F)S(=O)(=O)[O-]. The van der Waals surface area contributed by atoms with Gasteiger partial charge in [-0.15, -0.1) is 0 Å². The lowest BCUT2D eigenvalue weighted by atomic mass is 9.92. The molecule has 0 aromatic heterocycles. The van der Waals surface area contributed by atoms with Crippen LogP contribution < -0.4 is 0 Å². The quantitative estimate of drug-likeness (QED) is 0.0237. The average Bonchev–Trinajstić information content (AvgIpc) is 0.775. The van der Waals surface area contributed by atoms with Gasteiger partial charge in [0, 0.05) is 41.4 Å². The maximum absolute atomic E-state index is 14.7. The molecule has 560 valence electrons. The molecule has 0 spiro atoms. The number of hydrogen-bond donors (Lipinski definition) is 0. The highest BCUT2D eigenvalue weighted by Crippen LogP contribution is 2.53. The van der Waals surface area contributed by atoms with Crippen LogP contribution in [-0.4, -0.2) is 214 Å². The summed E-state index contributed by atoms with van der Waals surface area (Å²) in [6.07, 6.45) is -68.5. The van der Waals surface area contributed by atoms with Gasteiger partial charge in [0.25, 0.3) is 0 Å². The number of rotatable bonds is 44. The Bertz CT molecular complexity index is 2570. The fraction of sp³-hybridized carbons (Fsp3) is 1.00. The third-order valence-electron chi connectivity index (χ3n) is 10.1. The number of halogens is 36. The Hall–Kier alpha value is -0.000000000000000687. The van der Waals surface area contributed by atoms with Gasteiger partial charge < -0.3 is 37.2 Å². The third kappa shape index (κ3) is 23.0. The molecule has 0 bridgehead atoms. The first-order valence-electron chi connectivity index (χ1n) is 21.8. The second-order valence-electron chi connectivity index (χ2n) is 18.0. The molecule has 0 amide bonds. The van der Waals surface area contributed by atoms with Gasteiger partial charge in [-0.3, -0.25) is 0 Å². The van der Waals surface area contributed by atoms with Crippen LogP contribution in [0.5, 0.6) is 0 Å². The number of alkyl halides is 36. The Kier molecular flexibility index (Phi) is 30.5. The van der Waals surface area contributed by atoms with Gasteiger partial charge >= 0.3 is 93.6 Å². The lowest BCUT2D eigenvalue weighted by Crippen LogP contribution is -2.56. The smallest absolute Gasteiger partial charge is 0.438 e. The zero-order valence-corrected chi connectivity index (χ0v) is 54.6. The van der Waals surface area contributed by atoms with Crippen molar-refractivity contribution in [1.82, 2.24) is 0 Å². The Balaban J connectivity index is 7.73. The molecule has 4 atom stereocenters. The third-order valence-corrected chi connectivity index (χ3v) is 16.7. The zero-order chi connectivity index (χ0) is 75.0. The maximum atomic E-state index is 14.7. The van der Waals surface area contributed by atoms with Crippen molar-refractivity contribution in [3.05, 3.63) is 0 Å². The van der Waals surface area contributed by atoms with Gasteiger partial charge in [-0.25, -0.2) is 52.6 Å². The van der Waals surface area contributed by atoms with E-state index in [2.05, 4.69) is 0 Å². The van der Waals surface area contributed by atoms with Crippen molar-refractivity contribution in [3.63, 3.8) is 0 Å². The normalized spacial score (nSPS) is 17.7. The Morgan fingerprint density at radius 3 is 0.505 bits per heavy atom. The molecule has 60 heteroatoms. The van der Waals surface area contributed by atoms with E-state index in [1.165, 1.54) is 0 Å². The van der Waals surface area contributed by atoms with E-state index in [0.29, 0.717) is 90.4 Å². The van der Waals surface area contributed by atoms with Crippen LogP contribution in [0.25, 0.3) is 0 Å². The summed E-state index contributed by atoms with van der Waals surface area (Å²) in [5.41, 5.74) is -3.04. The topological polar surface area (TPSA) is 303 Å². The minimum atomic E-state index is -7.76. The molecule has 0 aromatic carbocycles. The van der Waals surface area contributed by atoms with Crippen LogP contribution in [0.3, 0.4) is 0 Å². The van der Waals surface area contributed by atoms with Gasteiger partial charge in [-0.1, -0.05) is 90.4 Å². The fourth-order valence-corrected chi connectivity index (χ4v) is 10.0. The average molecular weight is 1990 g/mol. The molecule has 0 radical (unpaired) electrons. The molecule has 0 rings (SSSR count). The van der Waals surface area contributed by atoms with E-state index in [0.717, 1.165) is 0 Å². The highest BCUT2D eigenvalue weighted by molar-refractivity contribution is 14.1. The van der Waals surface area contributed by atoms with Gasteiger partial charge in [0.1, 0.15) is 0 Å². The minimum Gasteiger partial charge on any atom is -0.743 e. The summed E-state index contributed by atoms with van der Waals surface area (Å²) in [7, 11) is -31.1. The standard InChI is InChI=1S/C33H32F32I4O20S4/c34-18(35,22(42,43)86-26(50,51)30(58,59)90(70,71)72)1-13(66)5-82-9-17(10-83-6-14(67)2-19(36,37)23(44,45)87-27(52,53)31(60,61)91(73,74)75,11-84-7-15(68)3-20(38,39)24(46,47)88-28(54,55)32(62,63)92(76,77)78)12-85-8-16(69)4-21(40,41)25(48,49)89-29(56,57)33(64,65)93(79,80)81/h13-16H,1-12H2,(H,70,71,72)(H,73,74,75)(H,76,77,78)(H,79,80,81)/p-4. The first kappa shape index (κ1) is 93.0. The van der Waals surface area contributed by atoms with Crippen LogP contribution in [0.1, 0.15) is 25.7 Å². The molecule has 4 unspecified atom stereocenters. The Morgan fingerprint density at radius 2 is 0.387 bits per heavy atom. The predicted molar refractivity (Wildman–Crippen MR) is 258 cm³/mol. The van der Waals surface area contributed by atoms with Crippen LogP contribution in [-0.2, 0) is 78.4 Å². The van der Waals surface area contributed by atoms with Gasteiger partial charge in [0.2, 0.25) is 0 Å². The van der Waals surface area contributed by atoms with E-state index in [1.807, 2.05) is 18.9 Å². The summed E-state index contributed by atoms with van der Waals surface area (Å²) in [5.74, 6) is -25.3. The molecule has 0 aliphatic rings. The summed E-state index contributed by atoms with van der Waals surface area (Å²) in [4.78, 5) is 0. The second kappa shape index (κ2) is 30.5. The zero-order valence-electron chi connectivity index (χ0n) is 42.7. The van der Waals surface area contributed by atoms with E-state index < -0.39 is 234 Å². The summed E-state index contributed by atoms with van der Waals surface area (Å²) in [6, 6.07) is 0. The molecule has 0 saturated heterocycles. The van der Waals surface area contributed by atoms with Crippen molar-refractivity contribution in [2.24, 2.45) is 5.41 Å². The first-order valence-corrected chi connectivity index (χ1v) is 32.4. The summed E-state index contributed by atoms with van der Waals surface area (Å²) in [5, 5.41) is -29.1. The molecule has 0 saturated carbocycles. The highest BCUT2D eigenvalue weighted by atomic mass is 127. The van der Waals surface area contributed by atoms with Crippen LogP contribution in [0.2, 0.25) is 0 Å². The summed E-state index contributed by atoms with van der Waals surface area (Å²) in [6.45, 7) is -14.4. The van der Waals surface area contributed by atoms with Crippen molar-refractivity contribution >= 4 is 131 Å². The van der Waals surface area contributed by atoms with E-state index >= 15 is 0 Å². The molecule has 20 nitrogen and oxygen atoms in total. The van der Waals surface area contributed by atoms with Gasteiger partial charge in [-0.05, 0) is 0 Å².